The van der Waals surface area contributed by atoms with E-state index in [1.807, 2.05) is 36.4 Å². The molecule has 3 aromatic rings. The molecule has 7 heteroatoms. The Balaban J connectivity index is 1.59. The monoisotopic (exact) mass is 384 g/mol. The number of carbonyl (C=O) groups is 1. The van der Waals surface area contributed by atoms with Gasteiger partial charge in [0.25, 0.3) is 0 Å². The van der Waals surface area contributed by atoms with Gasteiger partial charge in [0.1, 0.15) is 17.1 Å². The number of nitrogens with one attached hydrogen (secondary N) is 1. The van der Waals surface area contributed by atoms with Crippen LogP contribution in [0, 0.1) is 0 Å². The molecule has 2 heterocycles. The molecule has 6 nitrogen and oxygen atoms in total. The van der Waals surface area contributed by atoms with Crippen molar-refractivity contribution >= 4 is 28.6 Å². The number of amides is 1. The molecule has 0 bridgehead atoms. The standard InChI is InChI=1S/C20H24N4O2S/c1-3-24(4-2)17(18-10-7-11-26-18)12-21-19(25)13-27-20-15-8-5-6-9-16(15)22-14-23-20/h5-11,14,17H,3-4,12-13H2,1-2H3,(H,21,25). The Morgan fingerprint density at radius 1 is 1.19 bits per heavy atom. The fraction of sp³-hybridized carbons (Fsp3) is 0.350. The first kappa shape index (κ1) is 19.4. The van der Waals surface area contributed by atoms with Gasteiger partial charge in [0.2, 0.25) is 5.91 Å². The van der Waals surface area contributed by atoms with E-state index in [-0.39, 0.29) is 11.9 Å². The topological polar surface area (TPSA) is 71.3 Å². The number of likely N-dealkylation sites (N-methyl/N-ethyl adjacent to an activating group) is 1. The number of carbonyl (C=O) groups excluding carboxylic acids is 1. The molecule has 0 saturated carbocycles. The van der Waals surface area contributed by atoms with Crippen molar-refractivity contribution in [2.75, 3.05) is 25.4 Å². The molecule has 0 radical (unpaired) electrons. The van der Waals surface area contributed by atoms with Crippen LogP contribution in [0.15, 0.2) is 58.4 Å². The van der Waals surface area contributed by atoms with Crippen LogP contribution in [-0.4, -0.2) is 46.2 Å². The Labute approximate surface area is 163 Å². The average Bonchev–Trinajstić information content (AvgIpc) is 3.24. The molecule has 0 aliphatic heterocycles. The summed E-state index contributed by atoms with van der Waals surface area (Å²) in [5, 5.41) is 4.82. The normalized spacial score (nSPS) is 12.4. The molecule has 3 rings (SSSR count). The van der Waals surface area contributed by atoms with Gasteiger partial charge in [0, 0.05) is 11.9 Å². The Morgan fingerprint density at radius 2 is 2.00 bits per heavy atom. The zero-order chi connectivity index (χ0) is 19.1. The molecule has 2 aromatic heterocycles. The number of para-hydroxylation sites is 1. The minimum atomic E-state index is -0.0218. The van der Waals surface area contributed by atoms with E-state index in [1.54, 1.807) is 6.26 Å². The molecular weight excluding hydrogens is 360 g/mol. The lowest BCUT2D eigenvalue weighted by Gasteiger charge is -2.28. The van der Waals surface area contributed by atoms with E-state index in [9.17, 15) is 4.79 Å². The van der Waals surface area contributed by atoms with Gasteiger partial charge in [-0.3, -0.25) is 9.69 Å². The number of fused-ring (bicyclic) bond motifs is 1. The predicted octanol–water partition coefficient (Wildman–Crippen LogP) is 3.51. The van der Waals surface area contributed by atoms with Crippen LogP contribution in [0.1, 0.15) is 25.6 Å². The highest BCUT2D eigenvalue weighted by Crippen LogP contribution is 2.24. The smallest absolute Gasteiger partial charge is 0.230 e. The maximum absolute atomic E-state index is 12.4. The summed E-state index contributed by atoms with van der Waals surface area (Å²) >= 11 is 1.43. The maximum Gasteiger partial charge on any atom is 0.230 e. The fourth-order valence-electron chi connectivity index (χ4n) is 3.05. The van der Waals surface area contributed by atoms with Crippen molar-refractivity contribution in [2.45, 2.75) is 24.9 Å². The van der Waals surface area contributed by atoms with Gasteiger partial charge in [-0.25, -0.2) is 9.97 Å². The minimum absolute atomic E-state index is 0.0218. The van der Waals surface area contributed by atoms with E-state index < -0.39 is 0 Å². The third-order valence-corrected chi connectivity index (χ3v) is 5.47. The van der Waals surface area contributed by atoms with E-state index in [1.165, 1.54) is 18.1 Å². The number of benzene rings is 1. The lowest BCUT2D eigenvalue weighted by Crippen LogP contribution is -2.38. The molecule has 0 fully saturated rings. The van der Waals surface area contributed by atoms with Gasteiger partial charge in [-0.2, -0.15) is 0 Å². The highest BCUT2D eigenvalue weighted by Gasteiger charge is 2.21. The molecule has 0 aliphatic carbocycles. The van der Waals surface area contributed by atoms with Crippen molar-refractivity contribution in [3.05, 3.63) is 54.7 Å². The van der Waals surface area contributed by atoms with Crippen LogP contribution in [0.2, 0.25) is 0 Å². The lowest BCUT2D eigenvalue weighted by atomic mass is 10.2. The lowest BCUT2D eigenvalue weighted by molar-refractivity contribution is -0.118. The number of hydrogen-bond donors (Lipinski definition) is 1. The quantitative estimate of drug-likeness (QED) is 0.450. The van der Waals surface area contributed by atoms with E-state index in [0.29, 0.717) is 12.3 Å². The van der Waals surface area contributed by atoms with Gasteiger partial charge < -0.3 is 9.73 Å². The van der Waals surface area contributed by atoms with Crippen LogP contribution in [0.5, 0.6) is 0 Å². The molecule has 0 spiro atoms. The van der Waals surface area contributed by atoms with Crippen LogP contribution in [0.4, 0.5) is 0 Å². The summed E-state index contributed by atoms with van der Waals surface area (Å²) in [6, 6.07) is 11.7. The number of hydrogen-bond acceptors (Lipinski definition) is 6. The van der Waals surface area contributed by atoms with Crippen LogP contribution >= 0.6 is 11.8 Å². The first-order chi connectivity index (χ1) is 13.2. The van der Waals surface area contributed by atoms with E-state index in [2.05, 4.69) is 34.0 Å². The number of aromatic nitrogens is 2. The summed E-state index contributed by atoms with van der Waals surface area (Å²) < 4.78 is 5.57. The van der Waals surface area contributed by atoms with Crippen molar-refractivity contribution in [3.63, 3.8) is 0 Å². The van der Waals surface area contributed by atoms with E-state index >= 15 is 0 Å². The molecule has 142 valence electrons. The Morgan fingerprint density at radius 3 is 2.74 bits per heavy atom. The summed E-state index contributed by atoms with van der Waals surface area (Å²) in [5.41, 5.74) is 0.884. The fourth-order valence-corrected chi connectivity index (χ4v) is 3.87. The van der Waals surface area contributed by atoms with Crippen LogP contribution in [0.3, 0.4) is 0 Å². The molecule has 27 heavy (non-hydrogen) atoms. The number of rotatable bonds is 9. The molecule has 1 atom stereocenters. The third-order valence-electron chi connectivity index (χ3n) is 4.46. The maximum atomic E-state index is 12.4. The van der Waals surface area contributed by atoms with Gasteiger partial charge in [-0.1, -0.05) is 43.8 Å². The van der Waals surface area contributed by atoms with Gasteiger partial charge in [-0.15, -0.1) is 0 Å². The molecule has 1 unspecified atom stereocenters. The first-order valence-electron chi connectivity index (χ1n) is 9.09. The Bertz CT molecular complexity index is 860. The Kier molecular flexibility index (Phi) is 6.84. The van der Waals surface area contributed by atoms with Crippen LogP contribution in [-0.2, 0) is 4.79 Å². The van der Waals surface area contributed by atoms with Crippen LogP contribution in [0.25, 0.3) is 10.9 Å². The second-order valence-corrected chi connectivity index (χ2v) is 7.01. The SMILES string of the molecule is CCN(CC)C(CNC(=O)CSc1ncnc2ccccc12)c1ccco1. The molecule has 0 aliphatic rings. The van der Waals surface area contributed by atoms with Crippen molar-refractivity contribution in [1.82, 2.24) is 20.2 Å². The zero-order valence-corrected chi connectivity index (χ0v) is 16.4. The summed E-state index contributed by atoms with van der Waals surface area (Å²) in [6.07, 6.45) is 3.21. The second kappa shape index (κ2) is 9.53. The Hall–Kier alpha value is -2.38. The van der Waals surface area contributed by atoms with Gasteiger partial charge in [0.05, 0.1) is 23.6 Å². The average molecular weight is 385 g/mol. The molecular formula is C20H24N4O2S. The highest BCUT2D eigenvalue weighted by atomic mass is 32.2. The van der Waals surface area contributed by atoms with E-state index in [4.69, 9.17) is 4.42 Å². The van der Waals surface area contributed by atoms with Crippen molar-refractivity contribution in [1.29, 1.82) is 0 Å². The van der Waals surface area contributed by atoms with Gasteiger partial charge in [0.15, 0.2) is 0 Å². The third kappa shape index (κ3) is 4.87. The zero-order valence-electron chi connectivity index (χ0n) is 15.6. The molecule has 1 aromatic carbocycles. The highest BCUT2D eigenvalue weighted by molar-refractivity contribution is 8.00. The van der Waals surface area contributed by atoms with Crippen molar-refractivity contribution in [3.8, 4) is 0 Å². The number of furan rings is 1. The second-order valence-electron chi connectivity index (χ2n) is 6.04. The van der Waals surface area contributed by atoms with E-state index in [0.717, 1.165) is 34.8 Å². The summed E-state index contributed by atoms with van der Waals surface area (Å²) in [7, 11) is 0. The minimum Gasteiger partial charge on any atom is -0.468 e. The van der Waals surface area contributed by atoms with Gasteiger partial charge in [-0.05, 0) is 31.3 Å². The van der Waals surface area contributed by atoms with Crippen LogP contribution < -0.4 is 5.32 Å². The largest absolute Gasteiger partial charge is 0.468 e. The van der Waals surface area contributed by atoms with Crippen molar-refractivity contribution < 1.29 is 9.21 Å². The molecule has 1 N–H and O–H groups in total. The van der Waals surface area contributed by atoms with Gasteiger partial charge >= 0.3 is 0 Å². The number of thioether (sulfide) groups is 1. The summed E-state index contributed by atoms with van der Waals surface area (Å²) in [5.74, 6) is 1.16. The molecule has 0 saturated heterocycles. The van der Waals surface area contributed by atoms with Crippen molar-refractivity contribution in [2.24, 2.45) is 0 Å². The summed E-state index contributed by atoms with van der Waals surface area (Å²) in [6.45, 7) is 6.51. The first-order valence-corrected chi connectivity index (χ1v) is 10.1. The number of nitrogens with zero attached hydrogens (tertiary/aromatic N) is 3. The molecule has 1 amide bonds. The summed E-state index contributed by atoms with van der Waals surface area (Å²) in [4.78, 5) is 23.2. The predicted molar refractivity (Wildman–Crippen MR) is 108 cm³/mol.